The second-order valence-corrected chi connectivity index (χ2v) is 6.80. The van der Waals surface area contributed by atoms with Gasteiger partial charge in [-0.05, 0) is 6.92 Å². The number of carboxylic acid groups (broad SMARTS) is 1. The highest BCUT2D eigenvalue weighted by molar-refractivity contribution is 5.88. The molecule has 2 fully saturated rings. The third kappa shape index (κ3) is 3.66. The van der Waals surface area contributed by atoms with Crippen molar-refractivity contribution in [1.29, 1.82) is 0 Å². The Morgan fingerprint density at radius 3 is 2.56 bits per heavy atom. The molecule has 0 aromatic carbocycles. The molecule has 0 bridgehead atoms. The lowest BCUT2D eigenvalue weighted by Crippen LogP contribution is -2.61. The number of cyclic esters (lactones) is 1. The maximum Gasteiger partial charge on any atom is 0.335 e. The molecule has 9 atom stereocenters. The average Bonchev–Trinajstić information content (AvgIpc) is 2.61. The number of ether oxygens (including phenoxy) is 4. The fourth-order valence-corrected chi connectivity index (χ4v) is 3.67. The zero-order valence-electron chi connectivity index (χ0n) is 14.4. The van der Waals surface area contributed by atoms with Gasteiger partial charge in [0.25, 0.3) is 0 Å². The molecule has 0 aromatic rings. The predicted molar refractivity (Wildman–Crippen MR) is 82.6 cm³/mol. The average molecular weight is 390 g/mol. The van der Waals surface area contributed by atoms with Crippen molar-refractivity contribution < 1.29 is 54.1 Å². The minimum absolute atomic E-state index is 0.0999. The molecule has 0 amide bonds. The van der Waals surface area contributed by atoms with E-state index < -0.39 is 73.5 Å². The molecule has 11 heteroatoms. The molecule has 0 aromatic heterocycles. The summed E-state index contributed by atoms with van der Waals surface area (Å²) in [5.74, 6) is -3.23. The molecule has 0 saturated carbocycles. The van der Waals surface area contributed by atoms with Gasteiger partial charge in [-0.1, -0.05) is 0 Å². The highest BCUT2D eigenvalue weighted by Gasteiger charge is 2.51. The Hall–Kier alpha value is -1.76. The lowest BCUT2D eigenvalue weighted by atomic mass is 9.77. The van der Waals surface area contributed by atoms with Gasteiger partial charge in [-0.25, -0.2) is 4.79 Å². The summed E-state index contributed by atoms with van der Waals surface area (Å²) in [4.78, 5) is 23.2. The number of rotatable bonds is 4. The topological polar surface area (TPSA) is 172 Å². The van der Waals surface area contributed by atoms with Crippen LogP contribution in [-0.2, 0) is 28.5 Å². The van der Waals surface area contributed by atoms with Crippen molar-refractivity contribution in [3.8, 4) is 0 Å². The Bertz CT molecular complexity index is 617. The van der Waals surface area contributed by atoms with E-state index in [1.165, 1.54) is 0 Å². The number of aliphatic hydroxyl groups excluding tert-OH is 4. The van der Waals surface area contributed by atoms with Gasteiger partial charge in [0.1, 0.15) is 30.5 Å². The van der Waals surface area contributed by atoms with Crippen molar-refractivity contribution >= 4 is 11.9 Å². The normalized spacial score (nSPS) is 44.6. The number of carboxylic acids is 1. The van der Waals surface area contributed by atoms with E-state index in [4.69, 9.17) is 18.9 Å². The van der Waals surface area contributed by atoms with Crippen LogP contribution >= 0.6 is 0 Å². The molecule has 0 unspecified atom stereocenters. The first kappa shape index (κ1) is 20.0. The van der Waals surface area contributed by atoms with Crippen LogP contribution in [0, 0.1) is 11.8 Å². The van der Waals surface area contributed by atoms with Crippen LogP contribution in [0.5, 0.6) is 0 Å². The van der Waals surface area contributed by atoms with Gasteiger partial charge < -0.3 is 44.5 Å². The summed E-state index contributed by atoms with van der Waals surface area (Å²) in [5.41, 5.74) is -0.0999. The van der Waals surface area contributed by atoms with Gasteiger partial charge in [0.05, 0.1) is 30.8 Å². The van der Waals surface area contributed by atoms with Gasteiger partial charge in [-0.2, -0.15) is 0 Å². The largest absolute Gasteiger partial charge is 0.478 e. The summed E-state index contributed by atoms with van der Waals surface area (Å²) >= 11 is 0. The molecule has 0 radical (unpaired) electrons. The molecule has 27 heavy (non-hydrogen) atoms. The number of fused-ring (bicyclic) bond motifs is 1. The van der Waals surface area contributed by atoms with Crippen LogP contribution in [0.1, 0.15) is 13.3 Å². The van der Waals surface area contributed by atoms with E-state index in [0.29, 0.717) is 0 Å². The molecule has 11 nitrogen and oxygen atoms in total. The van der Waals surface area contributed by atoms with E-state index in [1.54, 1.807) is 6.92 Å². The first-order chi connectivity index (χ1) is 12.7. The third-order valence-electron chi connectivity index (χ3n) is 5.12. The molecule has 3 aliphatic rings. The zero-order valence-corrected chi connectivity index (χ0v) is 14.4. The lowest BCUT2D eigenvalue weighted by molar-refractivity contribution is -0.346. The Kier molecular flexibility index (Phi) is 5.70. The summed E-state index contributed by atoms with van der Waals surface area (Å²) in [6.07, 6.45) is -8.54. The van der Waals surface area contributed by atoms with E-state index in [0.717, 1.165) is 6.26 Å². The smallest absolute Gasteiger partial charge is 0.335 e. The van der Waals surface area contributed by atoms with Crippen molar-refractivity contribution in [1.82, 2.24) is 0 Å². The highest BCUT2D eigenvalue weighted by atomic mass is 16.8. The summed E-state index contributed by atoms with van der Waals surface area (Å²) in [7, 11) is 0. The quantitative estimate of drug-likeness (QED) is 0.327. The maximum atomic E-state index is 11.7. The summed E-state index contributed by atoms with van der Waals surface area (Å²) in [5, 5.41) is 48.4. The summed E-state index contributed by atoms with van der Waals surface area (Å²) in [6, 6.07) is 0. The Morgan fingerprint density at radius 1 is 1.22 bits per heavy atom. The van der Waals surface area contributed by atoms with Crippen LogP contribution in [-0.4, -0.2) is 87.2 Å². The van der Waals surface area contributed by atoms with Crippen LogP contribution in [0.15, 0.2) is 11.8 Å². The van der Waals surface area contributed by atoms with Crippen LogP contribution < -0.4 is 0 Å². The molecule has 3 rings (SSSR count). The fourth-order valence-electron chi connectivity index (χ4n) is 3.67. The van der Waals surface area contributed by atoms with Gasteiger partial charge in [-0.3, -0.25) is 4.79 Å². The molecular formula is C16H22O11. The number of carbonyl (C=O) groups excluding carboxylic acids is 1. The summed E-state index contributed by atoms with van der Waals surface area (Å²) < 4.78 is 21.4. The monoisotopic (exact) mass is 390 g/mol. The maximum absolute atomic E-state index is 11.7. The van der Waals surface area contributed by atoms with Crippen molar-refractivity contribution in [3.63, 3.8) is 0 Å². The first-order valence-electron chi connectivity index (χ1n) is 8.48. The van der Waals surface area contributed by atoms with Crippen molar-refractivity contribution in [2.24, 2.45) is 11.8 Å². The number of hydrogen-bond donors (Lipinski definition) is 5. The second-order valence-electron chi connectivity index (χ2n) is 6.80. The van der Waals surface area contributed by atoms with Crippen LogP contribution in [0.4, 0.5) is 0 Å². The molecule has 3 aliphatic heterocycles. The predicted octanol–water partition coefficient (Wildman–Crippen LogP) is -2.30. The van der Waals surface area contributed by atoms with Crippen molar-refractivity contribution in [2.75, 3.05) is 6.61 Å². The van der Waals surface area contributed by atoms with Gasteiger partial charge in [-0.15, -0.1) is 0 Å². The number of aliphatic carboxylic acids is 1. The standard InChI is InChI=1S/C16H22O11/c1-5-10-6(2-9(18)25-5)7(14(22)23)4-24-15(10)27-16-13(21)12(20)11(19)8(3-17)26-16/h4-6,8,10-13,15-17,19-21H,2-3H2,1H3,(H,22,23)/t5-,6-,8-,10-,11+,12+,13+,15+,16+/m0/s1. The van der Waals surface area contributed by atoms with Crippen molar-refractivity contribution in [3.05, 3.63) is 11.8 Å². The number of aliphatic hydroxyl groups is 4. The molecular weight excluding hydrogens is 368 g/mol. The van der Waals surface area contributed by atoms with Crippen LogP contribution in [0.2, 0.25) is 0 Å². The highest BCUT2D eigenvalue weighted by Crippen LogP contribution is 2.41. The van der Waals surface area contributed by atoms with E-state index in [2.05, 4.69) is 0 Å². The van der Waals surface area contributed by atoms with E-state index in [-0.39, 0.29) is 12.0 Å². The van der Waals surface area contributed by atoms with Crippen molar-refractivity contribution in [2.45, 2.75) is 56.4 Å². The molecule has 3 heterocycles. The van der Waals surface area contributed by atoms with Crippen LogP contribution in [0.3, 0.4) is 0 Å². The number of hydrogen-bond acceptors (Lipinski definition) is 10. The number of carbonyl (C=O) groups is 2. The lowest BCUT2D eigenvalue weighted by Gasteiger charge is -2.45. The molecule has 0 aliphatic carbocycles. The number of esters is 1. The Morgan fingerprint density at radius 2 is 1.93 bits per heavy atom. The van der Waals surface area contributed by atoms with E-state index >= 15 is 0 Å². The Labute approximate surface area is 153 Å². The van der Waals surface area contributed by atoms with Gasteiger partial charge in [0.2, 0.25) is 6.29 Å². The summed E-state index contributed by atoms with van der Waals surface area (Å²) in [6.45, 7) is 0.936. The molecule has 0 spiro atoms. The van der Waals surface area contributed by atoms with E-state index in [9.17, 15) is 35.1 Å². The van der Waals surface area contributed by atoms with Crippen LogP contribution in [0.25, 0.3) is 0 Å². The molecule has 5 N–H and O–H groups in total. The second kappa shape index (κ2) is 7.70. The SMILES string of the molecule is C[C@@H]1OC(=O)C[C@H]2C(C(=O)O)=CO[C@H](O[C@H]3O[C@@H](CO)[C@@H](O)[C@@H](O)[C@H]3O)[C@@H]12. The third-order valence-corrected chi connectivity index (χ3v) is 5.12. The Balaban J connectivity index is 1.82. The van der Waals surface area contributed by atoms with Gasteiger partial charge in [0.15, 0.2) is 6.29 Å². The minimum Gasteiger partial charge on any atom is -0.478 e. The molecule has 2 saturated heterocycles. The zero-order chi connectivity index (χ0) is 19.9. The fraction of sp³-hybridized carbons (Fsp3) is 0.750. The van der Waals surface area contributed by atoms with Gasteiger partial charge >= 0.3 is 11.9 Å². The van der Waals surface area contributed by atoms with E-state index in [1.807, 2.05) is 0 Å². The minimum atomic E-state index is -1.64. The van der Waals surface area contributed by atoms with Gasteiger partial charge in [0, 0.05) is 5.92 Å². The first-order valence-corrected chi connectivity index (χ1v) is 8.48. The molecule has 152 valence electrons.